The molecule has 3 rings (SSSR count). The third-order valence-electron chi connectivity index (χ3n) is 4.02. The number of benzene rings is 2. The van der Waals surface area contributed by atoms with E-state index in [1.54, 1.807) is 18.2 Å². The van der Waals surface area contributed by atoms with Gasteiger partial charge in [-0.25, -0.2) is 17.5 Å². The number of hydrogen-bond acceptors (Lipinski definition) is 3. The van der Waals surface area contributed by atoms with Gasteiger partial charge in [0.25, 0.3) is 5.91 Å². The van der Waals surface area contributed by atoms with Crippen molar-refractivity contribution in [3.63, 3.8) is 0 Å². The van der Waals surface area contributed by atoms with Crippen molar-refractivity contribution in [3.8, 4) is 0 Å². The molecule has 1 N–H and O–H groups in total. The molecule has 1 amide bonds. The van der Waals surface area contributed by atoms with Crippen LogP contribution in [0.15, 0.2) is 60.0 Å². The van der Waals surface area contributed by atoms with Gasteiger partial charge in [-0.2, -0.15) is 0 Å². The summed E-state index contributed by atoms with van der Waals surface area (Å²) in [4.78, 5) is 14.3. The summed E-state index contributed by atoms with van der Waals surface area (Å²) in [5.74, 6) is -0.692. The van der Waals surface area contributed by atoms with Crippen molar-refractivity contribution in [2.24, 2.45) is 0 Å². The topological polar surface area (TPSA) is 66.5 Å². The Labute approximate surface area is 145 Å². The highest BCUT2D eigenvalue weighted by Crippen LogP contribution is 2.31. The number of sulfonamides is 1. The van der Waals surface area contributed by atoms with Crippen LogP contribution < -0.4 is 9.62 Å². The molecular formula is C18H17FN2O3S. The number of fused-ring (bicyclic) bond motifs is 1. The number of amides is 1. The van der Waals surface area contributed by atoms with Gasteiger partial charge >= 0.3 is 0 Å². The van der Waals surface area contributed by atoms with E-state index in [1.165, 1.54) is 35.2 Å². The van der Waals surface area contributed by atoms with Crippen LogP contribution in [-0.2, 0) is 16.4 Å². The molecular weight excluding hydrogens is 343 g/mol. The number of rotatable bonds is 5. The summed E-state index contributed by atoms with van der Waals surface area (Å²) in [5.41, 5.74) is 1.27. The molecule has 0 saturated carbocycles. The fourth-order valence-electron chi connectivity index (χ4n) is 2.81. The minimum Gasteiger partial charge on any atom is -0.308 e. The van der Waals surface area contributed by atoms with Crippen LogP contribution >= 0.6 is 0 Å². The minimum absolute atomic E-state index is 0.00105. The Bertz CT molecular complexity index is 941. The third kappa shape index (κ3) is 3.33. The summed E-state index contributed by atoms with van der Waals surface area (Å²) in [7, 11) is -3.72. The molecule has 1 aliphatic rings. The lowest BCUT2D eigenvalue weighted by atomic mass is 10.1. The summed E-state index contributed by atoms with van der Waals surface area (Å²) in [6.07, 6.45) is 1.87. The largest absolute Gasteiger partial charge is 0.308 e. The highest BCUT2D eigenvalue weighted by molar-refractivity contribution is 7.89. The van der Waals surface area contributed by atoms with Gasteiger partial charge in [0.1, 0.15) is 5.82 Å². The van der Waals surface area contributed by atoms with E-state index in [-0.39, 0.29) is 28.7 Å². The van der Waals surface area contributed by atoms with E-state index in [9.17, 15) is 17.6 Å². The average Bonchev–Trinajstić information content (AvgIpc) is 3.05. The molecule has 0 bridgehead atoms. The van der Waals surface area contributed by atoms with Gasteiger partial charge in [0, 0.05) is 24.2 Å². The zero-order chi connectivity index (χ0) is 18.0. The first-order valence-electron chi connectivity index (χ1n) is 7.74. The lowest BCUT2D eigenvalue weighted by molar-refractivity contribution is 0.0989. The lowest BCUT2D eigenvalue weighted by Crippen LogP contribution is -2.29. The molecule has 1 aliphatic heterocycles. The van der Waals surface area contributed by atoms with E-state index in [0.29, 0.717) is 24.2 Å². The molecule has 0 unspecified atom stereocenters. The van der Waals surface area contributed by atoms with Crippen molar-refractivity contribution in [3.05, 3.63) is 72.1 Å². The highest BCUT2D eigenvalue weighted by Gasteiger charge is 2.28. The molecule has 0 spiro atoms. The van der Waals surface area contributed by atoms with Crippen LogP contribution in [0, 0.1) is 5.82 Å². The van der Waals surface area contributed by atoms with Crippen molar-refractivity contribution in [1.82, 2.24) is 4.72 Å². The predicted octanol–water partition coefficient (Wildman–Crippen LogP) is 2.49. The van der Waals surface area contributed by atoms with Crippen molar-refractivity contribution < 1.29 is 17.6 Å². The predicted molar refractivity (Wildman–Crippen MR) is 93.6 cm³/mol. The Hall–Kier alpha value is -2.51. The second-order valence-electron chi connectivity index (χ2n) is 5.61. The van der Waals surface area contributed by atoms with Crippen molar-refractivity contribution in [2.75, 3.05) is 18.0 Å². The van der Waals surface area contributed by atoms with E-state index in [1.807, 2.05) is 0 Å². The van der Waals surface area contributed by atoms with E-state index >= 15 is 0 Å². The third-order valence-corrected chi connectivity index (χ3v) is 5.45. The van der Waals surface area contributed by atoms with E-state index in [0.717, 1.165) is 0 Å². The maximum Gasteiger partial charge on any atom is 0.258 e. The Balaban J connectivity index is 1.92. The molecule has 0 aliphatic carbocycles. The second kappa shape index (κ2) is 6.78. The quantitative estimate of drug-likeness (QED) is 0.833. The number of carbonyl (C=O) groups is 1. The molecule has 0 atom stereocenters. The van der Waals surface area contributed by atoms with Crippen LogP contribution in [0.2, 0.25) is 0 Å². The van der Waals surface area contributed by atoms with Gasteiger partial charge in [-0.05, 0) is 36.8 Å². The highest BCUT2D eigenvalue weighted by atomic mass is 32.2. The van der Waals surface area contributed by atoms with Gasteiger partial charge in [0.05, 0.1) is 10.6 Å². The standard InChI is InChI=1S/C18H17FN2O3S/c1-2-10-20-25(23,24)14-6-3-5-13(12-14)18(22)21-11-9-15-16(19)7-4-8-17(15)21/h2-8,12,20H,1,9-11H2. The van der Waals surface area contributed by atoms with Crippen molar-refractivity contribution in [1.29, 1.82) is 0 Å². The van der Waals surface area contributed by atoms with E-state index in [2.05, 4.69) is 11.3 Å². The molecule has 7 heteroatoms. The SMILES string of the molecule is C=CCNS(=O)(=O)c1cccc(C(=O)N2CCc3c(F)cccc32)c1. The average molecular weight is 360 g/mol. The molecule has 5 nitrogen and oxygen atoms in total. The first kappa shape index (κ1) is 17.3. The number of halogens is 1. The number of hydrogen-bond donors (Lipinski definition) is 1. The van der Waals surface area contributed by atoms with Gasteiger partial charge in [0.15, 0.2) is 0 Å². The van der Waals surface area contributed by atoms with Crippen molar-refractivity contribution in [2.45, 2.75) is 11.3 Å². The Kier molecular flexibility index (Phi) is 4.69. The lowest BCUT2D eigenvalue weighted by Gasteiger charge is -2.18. The number of anilines is 1. The smallest absolute Gasteiger partial charge is 0.258 e. The van der Waals surface area contributed by atoms with Gasteiger partial charge in [-0.15, -0.1) is 6.58 Å². The summed E-state index contributed by atoms with van der Waals surface area (Å²) < 4.78 is 40.6. The van der Waals surface area contributed by atoms with Crippen LogP contribution in [-0.4, -0.2) is 27.4 Å². The number of nitrogens with one attached hydrogen (secondary N) is 1. The van der Waals surface area contributed by atoms with Crippen LogP contribution in [0.5, 0.6) is 0 Å². The summed E-state index contributed by atoms with van der Waals surface area (Å²) in [6, 6.07) is 10.4. The Morgan fingerprint density at radius 1 is 1.28 bits per heavy atom. The molecule has 1 heterocycles. The van der Waals surface area contributed by atoms with Crippen LogP contribution in [0.3, 0.4) is 0 Å². The van der Waals surface area contributed by atoms with Crippen molar-refractivity contribution >= 4 is 21.6 Å². The zero-order valence-corrected chi connectivity index (χ0v) is 14.2. The zero-order valence-electron chi connectivity index (χ0n) is 13.4. The minimum atomic E-state index is -3.72. The van der Waals surface area contributed by atoms with Gasteiger partial charge in [-0.3, -0.25) is 4.79 Å². The monoisotopic (exact) mass is 360 g/mol. The van der Waals surface area contributed by atoms with Gasteiger partial charge in [-0.1, -0.05) is 18.2 Å². The maximum atomic E-state index is 13.8. The first-order valence-corrected chi connectivity index (χ1v) is 9.22. The molecule has 2 aromatic carbocycles. The van der Waals surface area contributed by atoms with E-state index in [4.69, 9.17) is 0 Å². The normalized spacial score (nSPS) is 13.6. The first-order chi connectivity index (χ1) is 11.9. The summed E-state index contributed by atoms with van der Waals surface area (Å²) in [5, 5.41) is 0. The summed E-state index contributed by atoms with van der Waals surface area (Å²) >= 11 is 0. The second-order valence-corrected chi connectivity index (χ2v) is 7.38. The fourth-order valence-corrected chi connectivity index (χ4v) is 3.85. The Morgan fingerprint density at radius 3 is 2.80 bits per heavy atom. The molecule has 2 aromatic rings. The molecule has 0 saturated heterocycles. The van der Waals surface area contributed by atoms with Crippen LogP contribution in [0.4, 0.5) is 10.1 Å². The molecule has 0 fully saturated rings. The number of carbonyl (C=O) groups excluding carboxylic acids is 1. The molecule has 130 valence electrons. The van der Waals surface area contributed by atoms with Gasteiger partial charge in [0.2, 0.25) is 10.0 Å². The molecule has 0 radical (unpaired) electrons. The van der Waals surface area contributed by atoms with Crippen LogP contribution in [0.1, 0.15) is 15.9 Å². The number of nitrogens with zero attached hydrogens (tertiary/aromatic N) is 1. The van der Waals surface area contributed by atoms with E-state index < -0.39 is 10.0 Å². The maximum absolute atomic E-state index is 13.8. The molecule has 25 heavy (non-hydrogen) atoms. The summed E-state index contributed by atoms with van der Waals surface area (Å²) in [6.45, 7) is 3.92. The Morgan fingerprint density at radius 2 is 2.04 bits per heavy atom. The molecule has 0 aromatic heterocycles. The van der Waals surface area contributed by atoms with Gasteiger partial charge < -0.3 is 4.90 Å². The fraction of sp³-hybridized carbons (Fsp3) is 0.167. The van der Waals surface area contributed by atoms with Crippen LogP contribution in [0.25, 0.3) is 0 Å².